The number of carbonyl (C=O) groups excluding carboxylic acids is 1. The van der Waals surface area contributed by atoms with E-state index in [9.17, 15) is 25.2 Å². The Balaban J connectivity index is 1.39. The Bertz CT molecular complexity index is 2060. The highest BCUT2D eigenvalue weighted by atomic mass is 16.6. The highest BCUT2D eigenvalue weighted by Crippen LogP contribution is 2.62. The standard InChI is InChI=1S/C40H40N2O9/c1-21(45)48-18-30-27-6-7-28-36-25(12-26(46)14-34(36)50-20-44)17-40-10-9-22(16-40)11-24-5-8-35(41)42-31(24)4-2-3-23-13-32(47)33(49-19-43)15-29(23)38(30)51-39(27)37(28)40/h5-8,12-15,22,30,35,38,42-44,46-47H,3,9-11,16-20,41H2,1H3/t22-,30-,35?,38+,40-/m0/s1. The van der Waals surface area contributed by atoms with E-state index in [1.165, 1.54) is 13.0 Å². The number of hydrogen-bond acceptors (Lipinski definition) is 11. The molecule has 264 valence electrons. The average molecular weight is 693 g/mol. The van der Waals surface area contributed by atoms with Crippen molar-refractivity contribution >= 4 is 5.97 Å². The summed E-state index contributed by atoms with van der Waals surface area (Å²) in [5.74, 6) is 7.15. The van der Waals surface area contributed by atoms with Crippen molar-refractivity contribution in [1.82, 2.24) is 5.32 Å². The number of hydrogen-bond donors (Lipinski definition) is 6. The summed E-state index contributed by atoms with van der Waals surface area (Å²) in [6, 6.07) is 10.6. The number of nitrogens with one attached hydrogen (secondary N) is 1. The lowest BCUT2D eigenvalue weighted by Crippen LogP contribution is -2.37. The quantitative estimate of drug-likeness (QED) is 0.123. The van der Waals surface area contributed by atoms with Gasteiger partial charge in [-0.3, -0.25) is 4.79 Å². The van der Waals surface area contributed by atoms with Crippen LogP contribution in [-0.4, -0.2) is 52.8 Å². The molecule has 1 saturated carbocycles. The number of esters is 1. The highest BCUT2D eigenvalue weighted by Gasteiger charge is 2.51. The fraction of sp³-hybridized carbons (Fsp3) is 0.375. The second-order valence-corrected chi connectivity index (χ2v) is 14.1. The lowest BCUT2D eigenvalue weighted by molar-refractivity contribution is -0.141. The molecule has 1 spiro atoms. The number of phenols is 2. The second kappa shape index (κ2) is 12.9. The lowest BCUT2D eigenvalue weighted by atomic mass is 9.65. The van der Waals surface area contributed by atoms with E-state index >= 15 is 0 Å². The van der Waals surface area contributed by atoms with Gasteiger partial charge in [-0.1, -0.05) is 24.1 Å². The average Bonchev–Trinajstić information content (AvgIpc) is 3.66. The molecule has 11 nitrogen and oxygen atoms in total. The van der Waals surface area contributed by atoms with Crippen molar-refractivity contribution in [3.63, 3.8) is 0 Å². The second-order valence-electron chi connectivity index (χ2n) is 14.1. The van der Waals surface area contributed by atoms with Crippen molar-refractivity contribution in [2.75, 3.05) is 20.2 Å². The topological polar surface area (TPSA) is 173 Å². The van der Waals surface area contributed by atoms with Crippen molar-refractivity contribution in [1.29, 1.82) is 0 Å². The Kier molecular flexibility index (Phi) is 8.33. The van der Waals surface area contributed by atoms with E-state index in [2.05, 4.69) is 29.3 Å². The number of aliphatic hydroxyl groups excluding tert-OH is 2. The third-order valence-electron chi connectivity index (χ3n) is 11.0. The predicted molar refractivity (Wildman–Crippen MR) is 186 cm³/mol. The number of aromatic hydroxyl groups is 2. The summed E-state index contributed by atoms with van der Waals surface area (Å²) in [6.07, 6.45) is 7.27. The summed E-state index contributed by atoms with van der Waals surface area (Å²) >= 11 is 0. The third-order valence-corrected chi connectivity index (χ3v) is 11.0. The molecule has 11 heteroatoms. The minimum atomic E-state index is -0.669. The summed E-state index contributed by atoms with van der Waals surface area (Å²) in [7, 11) is 0. The van der Waals surface area contributed by atoms with Crippen molar-refractivity contribution in [2.24, 2.45) is 11.7 Å². The number of phenolic OH excluding ortho intramolecular Hbond substituents is 2. The van der Waals surface area contributed by atoms with Crippen LogP contribution in [0, 0.1) is 17.8 Å². The summed E-state index contributed by atoms with van der Waals surface area (Å²) in [6.45, 7) is 0.212. The van der Waals surface area contributed by atoms with Crippen LogP contribution in [0.3, 0.4) is 0 Å². The van der Waals surface area contributed by atoms with Gasteiger partial charge in [-0.05, 0) is 90.5 Å². The minimum Gasteiger partial charge on any atom is -0.508 e. The Morgan fingerprint density at radius 1 is 1.08 bits per heavy atom. The van der Waals surface area contributed by atoms with E-state index in [0.717, 1.165) is 64.8 Å². The molecule has 0 saturated heterocycles. The molecule has 3 aliphatic heterocycles. The fourth-order valence-electron chi connectivity index (χ4n) is 8.99. The zero-order chi connectivity index (χ0) is 35.4. The molecule has 7 N–H and O–H groups in total. The maximum absolute atomic E-state index is 12.2. The molecule has 2 aliphatic carbocycles. The van der Waals surface area contributed by atoms with Gasteiger partial charge in [0.1, 0.15) is 30.0 Å². The van der Waals surface area contributed by atoms with Gasteiger partial charge in [-0.2, -0.15) is 0 Å². The molecule has 5 aliphatic rings. The Morgan fingerprint density at radius 3 is 2.71 bits per heavy atom. The SMILES string of the molecule is CC(=O)OC[C@H]1c2ccc3c4c2O[C@@H]1c1cc(OCO)c(O)cc1CC#CC1=C(C=CC(N)N1)C[C@@H]1CC[C@@]4(Cc2cc(O)cc(OCO)c2-3)C1. The monoisotopic (exact) mass is 692 g/mol. The number of dihydropyridines is 1. The molecule has 4 bridgehead atoms. The van der Waals surface area contributed by atoms with Crippen molar-refractivity contribution in [3.8, 4) is 51.7 Å². The minimum absolute atomic E-state index is 0.0390. The molecule has 8 rings (SSSR count). The molecule has 0 radical (unpaired) electrons. The van der Waals surface area contributed by atoms with Gasteiger partial charge in [0.2, 0.25) is 0 Å². The first kappa shape index (κ1) is 33.0. The maximum atomic E-state index is 12.2. The van der Waals surface area contributed by atoms with E-state index in [-0.39, 0.29) is 41.9 Å². The van der Waals surface area contributed by atoms with Crippen LogP contribution in [0.2, 0.25) is 0 Å². The number of nitrogens with two attached hydrogens (primary N) is 1. The maximum Gasteiger partial charge on any atom is 0.302 e. The van der Waals surface area contributed by atoms with Crippen LogP contribution in [-0.2, 0) is 27.8 Å². The van der Waals surface area contributed by atoms with Crippen molar-refractivity contribution in [3.05, 3.63) is 87.6 Å². The van der Waals surface area contributed by atoms with Gasteiger partial charge in [0.15, 0.2) is 25.1 Å². The first-order chi connectivity index (χ1) is 24.7. The van der Waals surface area contributed by atoms with Gasteiger partial charge in [0.25, 0.3) is 0 Å². The van der Waals surface area contributed by atoms with Gasteiger partial charge in [-0.25, -0.2) is 0 Å². The van der Waals surface area contributed by atoms with Crippen LogP contribution in [0.5, 0.6) is 28.7 Å². The predicted octanol–water partition coefficient (Wildman–Crippen LogP) is 4.44. The molecule has 1 unspecified atom stereocenters. The van der Waals surface area contributed by atoms with Crippen LogP contribution in [0.1, 0.15) is 72.4 Å². The van der Waals surface area contributed by atoms with Crippen LogP contribution >= 0.6 is 0 Å². The summed E-state index contributed by atoms with van der Waals surface area (Å²) in [5, 5.41) is 44.5. The van der Waals surface area contributed by atoms with E-state index in [0.29, 0.717) is 35.0 Å². The number of benzene rings is 3. The van der Waals surface area contributed by atoms with Crippen LogP contribution in [0.25, 0.3) is 11.1 Å². The van der Waals surface area contributed by atoms with E-state index < -0.39 is 31.6 Å². The molecule has 51 heavy (non-hydrogen) atoms. The number of rotatable bonds is 6. The van der Waals surface area contributed by atoms with Gasteiger partial charge in [0, 0.05) is 47.1 Å². The van der Waals surface area contributed by atoms with E-state index in [1.54, 1.807) is 18.2 Å². The first-order valence-electron chi connectivity index (χ1n) is 17.3. The van der Waals surface area contributed by atoms with Crippen LogP contribution in [0.15, 0.2) is 59.8 Å². The molecule has 3 heterocycles. The number of aliphatic hydroxyl groups is 2. The molecule has 0 amide bonds. The molecular formula is C40H40N2O9. The molecular weight excluding hydrogens is 652 g/mol. The number of fused-ring (bicyclic) bond motifs is 6. The van der Waals surface area contributed by atoms with Gasteiger partial charge < -0.3 is 50.4 Å². The van der Waals surface area contributed by atoms with Gasteiger partial charge >= 0.3 is 5.97 Å². The van der Waals surface area contributed by atoms with Gasteiger partial charge in [-0.15, -0.1) is 0 Å². The van der Waals surface area contributed by atoms with Crippen LogP contribution < -0.4 is 25.3 Å². The number of ether oxygens (including phenoxy) is 4. The van der Waals surface area contributed by atoms with Crippen LogP contribution in [0.4, 0.5) is 0 Å². The summed E-state index contributed by atoms with van der Waals surface area (Å²) in [5.41, 5.74) is 13.7. The molecule has 3 aromatic rings. The summed E-state index contributed by atoms with van der Waals surface area (Å²) < 4.78 is 23.9. The fourth-order valence-corrected chi connectivity index (χ4v) is 8.99. The molecule has 1 fully saturated rings. The Hall–Kier alpha value is -5.15. The molecule has 5 atom stereocenters. The highest BCUT2D eigenvalue weighted by molar-refractivity contribution is 5.84. The Labute approximate surface area is 295 Å². The van der Waals surface area contributed by atoms with E-state index in [1.807, 2.05) is 12.1 Å². The lowest BCUT2D eigenvalue weighted by Gasteiger charge is -2.39. The summed E-state index contributed by atoms with van der Waals surface area (Å²) in [4.78, 5) is 12.2. The Morgan fingerprint density at radius 2 is 1.90 bits per heavy atom. The molecule has 3 aromatic carbocycles. The zero-order valence-electron chi connectivity index (χ0n) is 28.2. The first-order valence-corrected chi connectivity index (χ1v) is 17.3. The largest absolute Gasteiger partial charge is 0.508 e. The van der Waals surface area contributed by atoms with E-state index in [4.69, 9.17) is 24.7 Å². The van der Waals surface area contributed by atoms with Gasteiger partial charge in [0.05, 0.1) is 17.8 Å². The zero-order valence-corrected chi connectivity index (χ0v) is 28.2. The number of allylic oxidation sites excluding steroid dienone is 3. The normalized spacial score (nSPS) is 25.1. The van der Waals surface area contributed by atoms with Crippen molar-refractivity contribution < 1.29 is 44.2 Å². The number of carbonyl (C=O) groups is 1. The van der Waals surface area contributed by atoms with Crippen molar-refractivity contribution in [2.45, 2.75) is 69.1 Å². The molecule has 0 aromatic heterocycles. The third kappa shape index (κ3) is 5.73. The smallest absolute Gasteiger partial charge is 0.302 e.